The van der Waals surface area contributed by atoms with Crippen molar-refractivity contribution >= 4 is 11.8 Å². The number of unbranched alkanes of at least 4 members (excludes halogenated alkanes) is 4. The molecule has 0 N–H and O–H groups in total. The van der Waals surface area contributed by atoms with E-state index in [1.165, 1.54) is 12.8 Å². The largest absolute Gasteiger partial charge is 0.464 e. The van der Waals surface area contributed by atoms with Crippen LogP contribution in [0.25, 0.3) is 0 Å². The molecule has 0 bridgehead atoms. The van der Waals surface area contributed by atoms with E-state index in [-0.39, 0.29) is 24.4 Å². The number of benzene rings is 1. The molecule has 0 saturated heterocycles. The number of carbonyl (C=O) groups is 2. The van der Waals surface area contributed by atoms with Crippen LogP contribution in [0.15, 0.2) is 46.9 Å². The number of rotatable bonds is 13. The number of hydrogen-bond donors (Lipinski definition) is 0. The van der Waals surface area contributed by atoms with Gasteiger partial charge in [0, 0.05) is 19.0 Å². The fourth-order valence-electron chi connectivity index (χ4n) is 3.62. The Morgan fingerprint density at radius 3 is 2.23 bits per heavy atom. The Kier molecular flexibility index (Phi) is 10.3. The highest BCUT2D eigenvalue weighted by Gasteiger charge is 2.24. The maximum atomic E-state index is 13.3. The minimum atomic E-state index is -0.0639. The second-order valence-electron chi connectivity index (χ2n) is 8.53. The minimum Gasteiger partial charge on any atom is -0.464 e. The van der Waals surface area contributed by atoms with E-state index in [4.69, 9.17) is 4.42 Å². The number of furan rings is 1. The molecule has 2 amide bonds. The molecular formula is C26H38N2O3. The van der Waals surface area contributed by atoms with Gasteiger partial charge in [-0.2, -0.15) is 0 Å². The van der Waals surface area contributed by atoms with E-state index in [9.17, 15) is 9.59 Å². The Balaban J connectivity index is 2.04. The second kappa shape index (κ2) is 13.0. The second-order valence-corrected chi connectivity index (χ2v) is 8.53. The monoisotopic (exact) mass is 426 g/mol. The molecule has 0 unspecified atom stereocenters. The van der Waals surface area contributed by atoms with Crippen LogP contribution in [0.1, 0.15) is 76.4 Å². The standard InChI is InChI=1S/C26H38N2O3/c1-5-6-7-8-12-15-25(29)28(21(2)3)20-26(30)27(18-23-13-10-9-11-14-23)19-24-17-16-22(4)31-24/h9-11,13-14,16-17,21H,5-8,12,15,18-20H2,1-4H3. The molecule has 0 aliphatic rings. The number of aryl methyl sites for hydroxylation is 1. The van der Waals surface area contributed by atoms with Crippen LogP contribution in [0.3, 0.4) is 0 Å². The predicted molar refractivity (Wildman–Crippen MR) is 124 cm³/mol. The molecule has 5 heteroatoms. The van der Waals surface area contributed by atoms with Gasteiger partial charge in [0.25, 0.3) is 0 Å². The van der Waals surface area contributed by atoms with Gasteiger partial charge in [-0.25, -0.2) is 0 Å². The maximum absolute atomic E-state index is 13.3. The molecule has 1 aromatic carbocycles. The smallest absolute Gasteiger partial charge is 0.242 e. The van der Waals surface area contributed by atoms with Gasteiger partial charge in [-0.15, -0.1) is 0 Å². The lowest BCUT2D eigenvalue weighted by atomic mass is 10.1. The Morgan fingerprint density at radius 2 is 1.61 bits per heavy atom. The lowest BCUT2D eigenvalue weighted by Gasteiger charge is -2.30. The van der Waals surface area contributed by atoms with Crippen molar-refractivity contribution in [2.24, 2.45) is 0 Å². The molecule has 0 radical (unpaired) electrons. The summed E-state index contributed by atoms with van der Waals surface area (Å²) in [5, 5.41) is 0. The summed E-state index contributed by atoms with van der Waals surface area (Å²) in [7, 11) is 0. The van der Waals surface area contributed by atoms with Crippen LogP contribution in [-0.2, 0) is 22.7 Å². The summed E-state index contributed by atoms with van der Waals surface area (Å²) in [6.07, 6.45) is 6.02. The summed E-state index contributed by atoms with van der Waals surface area (Å²) >= 11 is 0. The summed E-state index contributed by atoms with van der Waals surface area (Å²) < 4.78 is 5.71. The van der Waals surface area contributed by atoms with Crippen molar-refractivity contribution < 1.29 is 14.0 Å². The van der Waals surface area contributed by atoms with E-state index in [1.54, 1.807) is 9.80 Å². The van der Waals surface area contributed by atoms with Crippen molar-refractivity contribution in [2.75, 3.05) is 6.54 Å². The topological polar surface area (TPSA) is 53.8 Å². The van der Waals surface area contributed by atoms with Crippen molar-refractivity contribution in [3.63, 3.8) is 0 Å². The molecule has 5 nitrogen and oxygen atoms in total. The molecule has 0 aliphatic heterocycles. The van der Waals surface area contributed by atoms with Gasteiger partial charge in [0.05, 0.1) is 13.1 Å². The first kappa shape index (κ1) is 24.7. The predicted octanol–water partition coefficient (Wildman–Crippen LogP) is 5.71. The van der Waals surface area contributed by atoms with Gasteiger partial charge < -0.3 is 14.2 Å². The minimum absolute atomic E-state index is 0.0171. The first-order chi connectivity index (χ1) is 14.9. The molecule has 2 rings (SSSR count). The van der Waals surface area contributed by atoms with Crippen molar-refractivity contribution in [3.8, 4) is 0 Å². The van der Waals surface area contributed by atoms with Crippen molar-refractivity contribution in [2.45, 2.75) is 85.4 Å². The van der Waals surface area contributed by atoms with E-state index in [0.717, 1.165) is 36.3 Å². The van der Waals surface area contributed by atoms with Gasteiger partial charge in [0.2, 0.25) is 11.8 Å². The summed E-state index contributed by atoms with van der Waals surface area (Å²) in [6, 6.07) is 13.7. The molecule has 0 atom stereocenters. The zero-order valence-electron chi connectivity index (χ0n) is 19.6. The van der Waals surface area contributed by atoms with Gasteiger partial charge in [-0.3, -0.25) is 9.59 Å². The molecule has 0 fully saturated rings. The van der Waals surface area contributed by atoms with E-state index < -0.39 is 0 Å². The summed E-state index contributed by atoms with van der Waals surface area (Å²) in [5.41, 5.74) is 1.05. The summed E-state index contributed by atoms with van der Waals surface area (Å²) in [4.78, 5) is 29.6. The molecule has 2 aromatic rings. The normalized spacial score (nSPS) is 11.0. The van der Waals surface area contributed by atoms with Crippen LogP contribution in [-0.4, -0.2) is 34.2 Å². The maximum Gasteiger partial charge on any atom is 0.242 e. The Labute approximate surface area is 187 Å². The lowest BCUT2D eigenvalue weighted by molar-refractivity contribution is -0.143. The van der Waals surface area contributed by atoms with Crippen molar-refractivity contribution in [3.05, 3.63) is 59.5 Å². The summed E-state index contributed by atoms with van der Waals surface area (Å²) in [5.74, 6) is 1.57. The highest BCUT2D eigenvalue weighted by molar-refractivity contribution is 5.85. The van der Waals surface area contributed by atoms with Crippen LogP contribution < -0.4 is 0 Å². The Hall–Kier alpha value is -2.56. The van der Waals surface area contributed by atoms with E-state index in [1.807, 2.05) is 63.2 Å². The van der Waals surface area contributed by atoms with Gasteiger partial charge >= 0.3 is 0 Å². The molecule has 0 spiro atoms. The van der Waals surface area contributed by atoms with E-state index in [0.29, 0.717) is 19.5 Å². The van der Waals surface area contributed by atoms with Gasteiger partial charge in [-0.1, -0.05) is 62.9 Å². The first-order valence-electron chi connectivity index (χ1n) is 11.6. The van der Waals surface area contributed by atoms with E-state index in [2.05, 4.69) is 6.92 Å². The molecular weight excluding hydrogens is 388 g/mol. The Bertz CT molecular complexity index is 798. The van der Waals surface area contributed by atoms with Crippen molar-refractivity contribution in [1.82, 2.24) is 9.80 Å². The number of carbonyl (C=O) groups excluding carboxylic acids is 2. The van der Waals surface area contributed by atoms with Crippen LogP contribution >= 0.6 is 0 Å². The van der Waals surface area contributed by atoms with Gasteiger partial charge in [0.15, 0.2) is 0 Å². The zero-order chi connectivity index (χ0) is 22.6. The third kappa shape index (κ3) is 8.60. The average molecular weight is 427 g/mol. The number of nitrogens with zero attached hydrogens (tertiary/aromatic N) is 2. The molecule has 31 heavy (non-hydrogen) atoms. The van der Waals surface area contributed by atoms with Crippen molar-refractivity contribution in [1.29, 1.82) is 0 Å². The summed E-state index contributed by atoms with van der Waals surface area (Å²) in [6.45, 7) is 8.99. The van der Waals surface area contributed by atoms with Crippen LogP contribution in [0.5, 0.6) is 0 Å². The molecule has 1 heterocycles. The average Bonchev–Trinajstić information content (AvgIpc) is 3.16. The third-order valence-corrected chi connectivity index (χ3v) is 5.46. The van der Waals surface area contributed by atoms with Crippen LogP contribution in [0.4, 0.5) is 0 Å². The Morgan fingerprint density at radius 1 is 0.903 bits per heavy atom. The molecule has 1 aromatic heterocycles. The lowest BCUT2D eigenvalue weighted by Crippen LogP contribution is -2.45. The highest BCUT2D eigenvalue weighted by atomic mass is 16.3. The van der Waals surface area contributed by atoms with Crippen LogP contribution in [0, 0.1) is 6.92 Å². The quantitative estimate of drug-likeness (QED) is 0.385. The first-order valence-corrected chi connectivity index (χ1v) is 11.6. The SMILES string of the molecule is CCCCCCCC(=O)N(CC(=O)N(Cc1ccccc1)Cc1ccc(C)o1)C(C)C. The molecule has 0 saturated carbocycles. The highest BCUT2D eigenvalue weighted by Crippen LogP contribution is 2.15. The van der Waals surface area contributed by atoms with E-state index >= 15 is 0 Å². The number of amides is 2. The molecule has 0 aliphatic carbocycles. The van der Waals surface area contributed by atoms with Gasteiger partial charge in [0.1, 0.15) is 11.5 Å². The fraction of sp³-hybridized carbons (Fsp3) is 0.538. The van der Waals surface area contributed by atoms with Gasteiger partial charge in [-0.05, 0) is 44.9 Å². The molecule has 170 valence electrons. The number of hydrogen-bond acceptors (Lipinski definition) is 3. The zero-order valence-corrected chi connectivity index (χ0v) is 19.6. The third-order valence-electron chi connectivity index (χ3n) is 5.46. The van der Waals surface area contributed by atoms with Crippen LogP contribution in [0.2, 0.25) is 0 Å². The fourth-order valence-corrected chi connectivity index (χ4v) is 3.62.